The lowest BCUT2D eigenvalue weighted by Crippen LogP contribution is -2.31. The molecule has 0 aromatic heterocycles. The van der Waals surface area contributed by atoms with Gasteiger partial charge in [0.05, 0.1) is 0 Å². The molecule has 0 atom stereocenters. The molecule has 3 nitrogen and oxygen atoms in total. The van der Waals surface area contributed by atoms with Gasteiger partial charge in [0.1, 0.15) is 0 Å². The van der Waals surface area contributed by atoms with E-state index in [0.29, 0.717) is 0 Å². The van der Waals surface area contributed by atoms with Gasteiger partial charge < -0.3 is 15.5 Å². The highest BCUT2D eigenvalue weighted by Crippen LogP contribution is 2.20. The molecule has 1 aliphatic heterocycles. The predicted octanol–water partition coefficient (Wildman–Crippen LogP) is 2.03. The Bertz CT molecular complexity index is 397. The van der Waals surface area contributed by atoms with E-state index in [0.717, 1.165) is 19.5 Å². The molecule has 0 saturated carbocycles. The molecule has 1 heterocycles. The monoisotopic (exact) mass is 261 g/mol. The van der Waals surface area contributed by atoms with Gasteiger partial charge in [-0.05, 0) is 63.0 Å². The summed E-state index contributed by atoms with van der Waals surface area (Å²) in [5, 5.41) is 0. The van der Waals surface area contributed by atoms with E-state index < -0.39 is 0 Å². The van der Waals surface area contributed by atoms with Crippen molar-refractivity contribution in [2.24, 2.45) is 5.73 Å². The molecule has 0 radical (unpaired) electrons. The third-order valence-electron chi connectivity index (χ3n) is 4.06. The van der Waals surface area contributed by atoms with Gasteiger partial charge in [-0.2, -0.15) is 0 Å². The van der Waals surface area contributed by atoms with Gasteiger partial charge in [-0.1, -0.05) is 12.1 Å². The van der Waals surface area contributed by atoms with Crippen molar-refractivity contribution < 1.29 is 0 Å². The highest BCUT2D eigenvalue weighted by Gasteiger charge is 2.12. The van der Waals surface area contributed by atoms with Crippen LogP contribution in [0.4, 0.5) is 5.69 Å². The Hall–Kier alpha value is -1.06. The Kier molecular flexibility index (Phi) is 5.23. The van der Waals surface area contributed by atoms with Gasteiger partial charge in [0, 0.05) is 25.8 Å². The van der Waals surface area contributed by atoms with Crippen LogP contribution >= 0.6 is 0 Å². The van der Waals surface area contributed by atoms with Crippen LogP contribution in [0.3, 0.4) is 0 Å². The number of likely N-dealkylation sites (N-methyl/N-ethyl adjacent to an activating group) is 1. The Balaban J connectivity index is 1.92. The molecular weight excluding hydrogens is 234 g/mol. The van der Waals surface area contributed by atoms with Gasteiger partial charge in [-0.25, -0.2) is 0 Å². The van der Waals surface area contributed by atoms with E-state index in [1.807, 2.05) is 0 Å². The van der Waals surface area contributed by atoms with Crippen molar-refractivity contribution >= 4 is 5.69 Å². The zero-order valence-corrected chi connectivity index (χ0v) is 12.4. The van der Waals surface area contributed by atoms with Crippen molar-refractivity contribution in [3.8, 4) is 0 Å². The van der Waals surface area contributed by atoms with Crippen molar-refractivity contribution in [2.45, 2.75) is 26.2 Å². The second kappa shape index (κ2) is 6.92. The van der Waals surface area contributed by atoms with Crippen molar-refractivity contribution in [1.82, 2.24) is 4.90 Å². The van der Waals surface area contributed by atoms with Crippen LogP contribution in [0.2, 0.25) is 0 Å². The van der Waals surface area contributed by atoms with Gasteiger partial charge in [-0.15, -0.1) is 0 Å². The van der Waals surface area contributed by atoms with Gasteiger partial charge in [0.2, 0.25) is 0 Å². The molecule has 1 saturated heterocycles. The Morgan fingerprint density at radius 1 is 1.26 bits per heavy atom. The molecule has 0 unspecified atom stereocenters. The number of likely N-dealkylation sites (tertiary alicyclic amines) is 1. The van der Waals surface area contributed by atoms with Crippen molar-refractivity contribution in [2.75, 3.05) is 44.7 Å². The summed E-state index contributed by atoms with van der Waals surface area (Å²) in [5.74, 6) is 0. The average molecular weight is 261 g/mol. The number of hydrogen-bond acceptors (Lipinski definition) is 3. The molecule has 2 N–H and O–H groups in total. The molecule has 1 fully saturated rings. The smallest absolute Gasteiger partial charge is 0.0393 e. The second-order valence-corrected chi connectivity index (χ2v) is 5.63. The third kappa shape index (κ3) is 3.95. The summed E-state index contributed by atoms with van der Waals surface area (Å²) < 4.78 is 0. The molecule has 0 aliphatic carbocycles. The molecule has 0 bridgehead atoms. The lowest BCUT2D eigenvalue weighted by atomic mass is 10.1. The number of nitrogens with zero attached hydrogens (tertiary/aromatic N) is 2. The number of hydrogen-bond donors (Lipinski definition) is 1. The number of aryl methyl sites for hydroxylation is 1. The minimum absolute atomic E-state index is 0.726. The first kappa shape index (κ1) is 14.4. The summed E-state index contributed by atoms with van der Waals surface area (Å²) in [7, 11) is 2.20. The maximum atomic E-state index is 5.61. The average Bonchev–Trinajstić information content (AvgIpc) is 2.89. The first-order valence-electron chi connectivity index (χ1n) is 7.44. The van der Waals surface area contributed by atoms with Crippen molar-refractivity contribution in [1.29, 1.82) is 0 Å². The zero-order valence-electron chi connectivity index (χ0n) is 12.4. The van der Waals surface area contributed by atoms with Crippen LogP contribution in [0.25, 0.3) is 0 Å². The zero-order chi connectivity index (χ0) is 13.7. The fourth-order valence-corrected chi connectivity index (χ4v) is 2.89. The number of nitrogens with two attached hydrogens (primary N) is 1. The summed E-state index contributed by atoms with van der Waals surface area (Å²) >= 11 is 0. The molecule has 0 amide bonds. The molecule has 1 aromatic carbocycles. The van der Waals surface area contributed by atoms with Crippen LogP contribution in [0.1, 0.15) is 24.0 Å². The molecule has 0 spiro atoms. The van der Waals surface area contributed by atoms with E-state index in [1.165, 1.54) is 49.3 Å². The lowest BCUT2D eigenvalue weighted by Gasteiger charge is -2.25. The topological polar surface area (TPSA) is 32.5 Å². The normalized spacial score (nSPS) is 15.9. The lowest BCUT2D eigenvalue weighted by molar-refractivity contribution is 0.346. The quantitative estimate of drug-likeness (QED) is 0.850. The highest BCUT2D eigenvalue weighted by molar-refractivity contribution is 5.54. The van der Waals surface area contributed by atoms with E-state index >= 15 is 0 Å². The van der Waals surface area contributed by atoms with Crippen LogP contribution in [-0.2, 0) is 6.42 Å². The van der Waals surface area contributed by atoms with Gasteiger partial charge in [-0.3, -0.25) is 0 Å². The van der Waals surface area contributed by atoms with Crippen molar-refractivity contribution in [3.05, 3.63) is 29.3 Å². The fraction of sp³-hybridized carbons (Fsp3) is 0.625. The van der Waals surface area contributed by atoms with E-state index in [-0.39, 0.29) is 0 Å². The van der Waals surface area contributed by atoms with Crippen LogP contribution in [0.15, 0.2) is 18.2 Å². The minimum Gasteiger partial charge on any atom is -0.373 e. The SMILES string of the molecule is Cc1cc(CCN)ccc1N(C)CCN1CCCC1. The van der Waals surface area contributed by atoms with E-state index in [4.69, 9.17) is 5.73 Å². The third-order valence-corrected chi connectivity index (χ3v) is 4.06. The Labute approximate surface area is 117 Å². The summed E-state index contributed by atoms with van der Waals surface area (Å²) in [6.07, 6.45) is 3.71. The van der Waals surface area contributed by atoms with Crippen LogP contribution in [-0.4, -0.2) is 44.7 Å². The first-order chi connectivity index (χ1) is 9.20. The molecule has 106 valence electrons. The maximum absolute atomic E-state index is 5.61. The molecular formula is C16H27N3. The largest absolute Gasteiger partial charge is 0.373 e. The number of benzene rings is 1. The van der Waals surface area contributed by atoms with Crippen LogP contribution < -0.4 is 10.6 Å². The Morgan fingerprint density at radius 2 is 2.00 bits per heavy atom. The first-order valence-corrected chi connectivity index (χ1v) is 7.44. The Morgan fingerprint density at radius 3 is 2.63 bits per heavy atom. The minimum atomic E-state index is 0.726. The number of rotatable bonds is 6. The predicted molar refractivity (Wildman–Crippen MR) is 82.9 cm³/mol. The highest BCUT2D eigenvalue weighted by atomic mass is 15.2. The summed E-state index contributed by atoms with van der Waals surface area (Å²) in [4.78, 5) is 4.94. The van der Waals surface area contributed by atoms with Crippen LogP contribution in [0.5, 0.6) is 0 Å². The summed E-state index contributed by atoms with van der Waals surface area (Å²) in [5.41, 5.74) is 9.66. The standard InChI is InChI=1S/C16H27N3/c1-14-13-15(7-8-17)5-6-16(14)18(2)11-12-19-9-3-4-10-19/h5-6,13H,3-4,7-12,17H2,1-2H3. The molecule has 1 aromatic rings. The number of anilines is 1. The van der Waals surface area contributed by atoms with Crippen LogP contribution in [0, 0.1) is 6.92 Å². The summed E-state index contributed by atoms with van der Waals surface area (Å²) in [6, 6.07) is 6.72. The van der Waals surface area contributed by atoms with Gasteiger partial charge >= 0.3 is 0 Å². The molecule has 1 aliphatic rings. The molecule has 3 heteroatoms. The van der Waals surface area contributed by atoms with Crippen molar-refractivity contribution in [3.63, 3.8) is 0 Å². The second-order valence-electron chi connectivity index (χ2n) is 5.63. The molecule has 2 rings (SSSR count). The van der Waals surface area contributed by atoms with E-state index in [2.05, 4.69) is 42.0 Å². The van der Waals surface area contributed by atoms with E-state index in [1.54, 1.807) is 0 Å². The van der Waals surface area contributed by atoms with E-state index in [9.17, 15) is 0 Å². The fourth-order valence-electron chi connectivity index (χ4n) is 2.89. The van der Waals surface area contributed by atoms with Gasteiger partial charge in [0.15, 0.2) is 0 Å². The summed E-state index contributed by atoms with van der Waals surface area (Å²) in [6.45, 7) is 7.77. The molecule has 19 heavy (non-hydrogen) atoms. The van der Waals surface area contributed by atoms with Gasteiger partial charge in [0.25, 0.3) is 0 Å². The maximum Gasteiger partial charge on any atom is 0.0393 e.